The minimum absolute atomic E-state index is 0.281. The van der Waals surface area contributed by atoms with Crippen molar-refractivity contribution in [1.29, 1.82) is 0 Å². The topological polar surface area (TPSA) is 29.3 Å². The van der Waals surface area contributed by atoms with Crippen molar-refractivity contribution in [2.45, 2.75) is 29.7 Å². The fraction of sp³-hybridized carbons (Fsp3) is 0.500. The minimum atomic E-state index is -2.35. The molecule has 1 aromatic carbocycles. The van der Waals surface area contributed by atoms with Gasteiger partial charge in [0.05, 0.1) is 0 Å². The second kappa shape index (κ2) is 5.80. The molecule has 1 aromatic rings. The number of hydrogen-bond acceptors (Lipinski definition) is 3. The molecule has 1 saturated heterocycles. The lowest BCUT2D eigenvalue weighted by Gasteiger charge is -2.15. The van der Waals surface area contributed by atoms with Gasteiger partial charge in [-0.3, -0.25) is 4.90 Å². The smallest absolute Gasteiger partial charge is 0.288 e. The van der Waals surface area contributed by atoms with Crippen LogP contribution >= 0.6 is 11.8 Å². The van der Waals surface area contributed by atoms with Crippen molar-refractivity contribution in [2.24, 2.45) is 5.73 Å². The molecule has 17 heavy (non-hydrogen) atoms. The summed E-state index contributed by atoms with van der Waals surface area (Å²) in [5.74, 6) is -2.35. The molecule has 0 aromatic heterocycles. The van der Waals surface area contributed by atoms with E-state index in [1.54, 1.807) is 12.1 Å². The lowest BCUT2D eigenvalue weighted by molar-refractivity contribution is 0.252. The fourth-order valence-electron chi connectivity index (χ4n) is 2.04. The van der Waals surface area contributed by atoms with E-state index in [4.69, 9.17) is 5.73 Å². The third kappa shape index (κ3) is 3.94. The Bertz CT molecular complexity index is 356. The molecule has 1 aliphatic rings. The summed E-state index contributed by atoms with van der Waals surface area (Å²) in [6, 6.07) is 7.61. The molecule has 1 aliphatic heterocycles. The van der Waals surface area contributed by atoms with Gasteiger partial charge in [-0.1, -0.05) is 23.9 Å². The number of halogens is 2. The Balaban J connectivity index is 1.89. The predicted molar refractivity (Wildman–Crippen MR) is 66.2 cm³/mol. The SMILES string of the molecule is N[C@@H]1CCN(Cc2ccc(SC(F)F)cc2)C1. The second-order valence-corrected chi connectivity index (χ2v) is 5.37. The zero-order valence-corrected chi connectivity index (χ0v) is 10.3. The van der Waals surface area contributed by atoms with Crippen molar-refractivity contribution in [3.63, 3.8) is 0 Å². The monoisotopic (exact) mass is 258 g/mol. The highest BCUT2D eigenvalue weighted by molar-refractivity contribution is 7.99. The maximum absolute atomic E-state index is 12.1. The molecule has 5 heteroatoms. The molecule has 0 saturated carbocycles. The Morgan fingerprint density at radius 1 is 1.35 bits per heavy atom. The van der Waals surface area contributed by atoms with Crippen molar-refractivity contribution in [2.75, 3.05) is 13.1 Å². The van der Waals surface area contributed by atoms with E-state index in [1.165, 1.54) is 0 Å². The molecule has 0 aliphatic carbocycles. The standard InChI is InChI=1S/C12H16F2N2S/c13-12(14)17-11-3-1-9(2-4-11)7-16-6-5-10(15)8-16/h1-4,10,12H,5-8,15H2/t10-/m1/s1. The van der Waals surface area contributed by atoms with Gasteiger partial charge in [0.15, 0.2) is 0 Å². The largest absolute Gasteiger partial charge is 0.326 e. The molecular weight excluding hydrogens is 242 g/mol. The molecule has 0 amide bonds. The number of likely N-dealkylation sites (tertiary alicyclic amines) is 1. The van der Waals surface area contributed by atoms with E-state index < -0.39 is 5.76 Å². The van der Waals surface area contributed by atoms with Crippen LogP contribution in [0.15, 0.2) is 29.2 Å². The van der Waals surface area contributed by atoms with Crippen molar-refractivity contribution in [3.05, 3.63) is 29.8 Å². The third-order valence-corrected chi connectivity index (χ3v) is 3.59. The Hall–Kier alpha value is -0.650. The van der Waals surface area contributed by atoms with Gasteiger partial charge in [-0.25, -0.2) is 0 Å². The van der Waals surface area contributed by atoms with Crippen LogP contribution < -0.4 is 5.73 Å². The van der Waals surface area contributed by atoms with Crippen LogP contribution in [0.4, 0.5) is 8.78 Å². The van der Waals surface area contributed by atoms with Gasteiger partial charge in [-0.05, 0) is 24.1 Å². The van der Waals surface area contributed by atoms with E-state index in [1.807, 2.05) is 12.1 Å². The third-order valence-electron chi connectivity index (χ3n) is 2.86. The van der Waals surface area contributed by atoms with Gasteiger partial charge in [-0.15, -0.1) is 0 Å². The van der Waals surface area contributed by atoms with Gasteiger partial charge < -0.3 is 5.73 Å². The van der Waals surface area contributed by atoms with Gasteiger partial charge in [0.2, 0.25) is 0 Å². The lowest BCUT2D eigenvalue weighted by atomic mass is 10.2. The fourth-order valence-corrected chi connectivity index (χ4v) is 2.54. The molecule has 0 bridgehead atoms. The Labute approximate surface area is 104 Å². The van der Waals surface area contributed by atoms with E-state index in [0.29, 0.717) is 16.7 Å². The van der Waals surface area contributed by atoms with Crippen LogP contribution in [-0.2, 0) is 6.54 Å². The van der Waals surface area contributed by atoms with Gasteiger partial charge in [0.25, 0.3) is 5.76 Å². The van der Waals surface area contributed by atoms with Crippen molar-refractivity contribution >= 4 is 11.8 Å². The lowest BCUT2D eigenvalue weighted by Crippen LogP contribution is -2.26. The number of hydrogen-bond donors (Lipinski definition) is 1. The molecule has 2 N–H and O–H groups in total. The first kappa shape index (κ1) is 12.8. The number of rotatable bonds is 4. The number of benzene rings is 1. The summed E-state index contributed by atoms with van der Waals surface area (Å²) in [5, 5.41) is 0. The van der Waals surface area contributed by atoms with Crippen LogP contribution in [0.2, 0.25) is 0 Å². The molecular formula is C12H16F2N2S. The summed E-state index contributed by atoms with van der Waals surface area (Å²) >= 11 is 0.583. The summed E-state index contributed by atoms with van der Waals surface area (Å²) in [7, 11) is 0. The molecule has 0 radical (unpaired) electrons. The summed E-state index contributed by atoms with van der Waals surface area (Å²) < 4.78 is 24.3. The molecule has 0 spiro atoms. The summed E-state index contributed by atoms with van der Waals surface area (Å²) in [6.45, 7) is 2.80. The predicted octanol–water partition coefficient (Wildman–Crippen LogP) is 2.53. The quantitative estimate of drug-likeness (QED) is 0.842. The van der Waals surface area contributed by atoms with Crippen LogP contribution in [0, 0.1) is 0 Å². The van der Waals surface area contributed by atoms with Crippen LogP contribution in [0.3, 0.4) is 0 Å². The van der Waals surface area contributed by atoms with Gasteiger partial charge in [0.1, 0.15) is 0 Å². The first-order chi connectivity index (χ1) is 8.13. The van der Waals surface area contributed by atoms with Crippen LogP contribution in [0.5, 0.6) is 0 Å². The second-order valence-electron chi connectivity index (χ2n) is 4.31. The molecule has 1 atom stereocenters. The van der Waals surface area contributed by atoms with Crippen LogP contribution in [-0.4, -0.2) is 29.8 Å². The van der Waals surface area contributed by atoms with E-state index in [-0.39, 0.29) is 6.04 Å². The number of alkyl halides is 2. The van der Waals surface area contributed by atoms with Gasteiger partial charge in [0, 0.05) is 30.6 Å². The van der Waals surface area contributed by atoms with E-state index in [2.05, 4.69) is 4.90 Å². The van der Waals surface area contributed by atoms with E-state index in [0.717, 1.165) is 31.6 Å². The molecule has 1 heterocycles. The highest BCUT2D eigenvalue weighted by Gasteiger charge is 2.18. The number of thioether (sulfide) groups is 1. The number of nitrogens with zero attached hydrogens (tertiary/aromatic N) is 1. The normalized spacial score (nSPS) is 21.3. The summed E-state index contributed by atoms with van der Waals surface area (Å²) in [4.78, 5) is 2.90. The zero-order valence-electron chi connectivity index (χ0n) is 9.48. The molecule has 2 rings (SSSR count). The molecule has 2 nitrogen and oxygen atoms in total. The van der Waals surface area contributed by atoms with Gasteiger partial charge >= 0.3 is 0 Å². The molecule has 94 valence electrons. The average molecular weight is 258 g/mol. The Morgan fingerprint density at radius 3 is 2.59 bits per heavy atom. The zero-order chi connectivity index (χ0) is 12.3. The van der Waals surface area contributed by atoms with Crippen molar-refractivity contribution in [3.8, 4) is 0 Å². The number of nitrogens with two attached hydrogens (primary N) is 1. The minimum Gasteiger partial charge on any atom is -0.326 e. The maximum Gasteiger partial charge on any atom is 0.288 e. The first-order valence-corrected chi connectivity index (χ1v) is 6.53. The van der Waals surface area contributed by atoms with Crippen molar-refractivity contribution < 1.29 is 8.78 Å². The molecule has 1 fully saturated rings. The van der Waals surface area contributed by atoms with Gasteiger partial charge in [-0.2, -0.15) is 8.78 Å². The van der Waals surface area contributed by atoms with Crippen LogP contribution in [0.25, 0.3) is 0 Å². The Kier molecular flexibility index (Phi) is 4.36. The highest BCUT2D eigenvalue weighted by Crippen LogP contribution is 2.25. The van der Waals surface area contributed by atoms with E-state index >= 15 is 0 Å². The average Bonchev–Trinajstić information content (AvgIpc) is 2.66. The summed E-state index contributed by atoms with van der Waals surface area (Å²) in [6.07, 6.45) is 1.04. The van der Waals surface area contributed by atoms with E-state index in [9.17, 15) is 8.78 Å². The Morgan fingerprint density at radius 2 is 2.06 bits per heavy atom. The molecule has 0 unspecified atom stereocenters. The summed E-state index contributed by atoms with van der Waals surface area (Å²) in [5.41, 5.74) is 6.98. The maximum atomic E-state index is 12.1. The van der Waals surface area contributed by atoms with Crippen LogP contribution in [0.1, 0.15) is 12.0 Å². The highest BCUT2D eigenvalue weighted by atomic mass is 32.2. The van der Waals surface area contributed by atoms with Crippen molar-refractivity contribution in [1.82, 2.24) is 4.90 Å². The first-order valence-electron chi connectivity index (χ1n) is 5.65.